The molecule has 3 heteroatoms. The summed E-state index contributed by atoms with van der Waals surface area (Å²) in [7, 11) is 0. The van der Waals surface area contributed by atoms with E-state index in [-0.39, 0.29) is 11.0 Å². The molecule has 1 N–H and O–H groups in total. The molecule has 2 nitrogen and oxygen atoms in total. The molecule has 2 rings (SSSR count). The molecule has 0 saturated carbocycles. The van der Waals surface area contributed by atoms with Crippen LogP contribution in [0.2, 0.25) is 6.32 Å². The second-order valence-corrected chi connectivity index (χ2v) is 5.94. The lowest BCUT2D eigenvalue weighted by atomic mass is 9.52. The Morgan fingerprint density at radius 2 is 2.07 bits per heavy atom. The predicted octanol–water partition coefficient (Wildman–Crippen LogP) is 2.27. The Kier molecular flexibility index (Phi) is 2.72. The van der Waals surface area contributed by atoms with Gasteiger partial charge in [0.1, 0.15) is 0 Å². The quantitative estimate of drug-likeness (QED) is 0.666. The maximum absolute atomic E-state index is 6.21. The molecule has 0 bridgehead atoms. The third kappa shape index (κ3) is 2.00. The Labute approximate surface area is 93.6 Å². The third-order valence-corrected chi connectivity index (χ3v) is 4.28. The molecular formula is C12H22BNO. The van der Waals surface area contributed by atoms with Crippen LogP contribution in [0.1, 0.15) is 34.1 Å². The average molecular weight is 207 g/mol. The fourth-order valence-electron chi connectivity index (χ4n) is 2.41. The topological polar surface area (TPSA) is 21.3 Å². The van der Waals surface area contributed by atoms with Gasteiger partial charge < -0.3 is 9.97 Å². The van der Waals surface area contributed by atoms with E-state index in [4.69, 9.17) is 4.65 Å². The molecule has 0 unspecified atom stereocenters. The van der Waals surface area contributed by atoms with E-state index in [0.29, 0.717) is 6.92 Å². The average Bonchev–Trinajstić information content (AvgIpc) is 2.38. The van der Waals surface area contributed by atoms with Crippen molar-refractivity contribution in [2.24, 2.45) is 5.41 Å². The van der Waals surface area contributed by atoms with Crippen molar-refractivity contribution in [3.05, 3.63) is 11.5 Å². The number of hydrogen-bond donors (Lipinski definition) is 1. The standard InChI is InChI=1S/C12H22BNO/c1-11(2)9-13(15-12(11,3)4)10-5-7-14-8-6-10/h5,14H,6-9H2,1-4H3. The first-order valence-corrected chi connectivity index (χ1v) is 6.00. The fraction of sp³-hybridized carbons (Fsp3) is 0.833. The normalized spacial score (nSPS) is 29.1. The van der Waals surface area contributed by atoms with Crippen molar-refractivity contribution in [3.8, 4) is 0 Å². The molecule has 0 spiro atoms. The predicted molar refractivity (Wildman–Crippen MR) is 65.1 cm³/mol. The zero-order valence-electron chi connectivity index (χ0n) is 10.4. The van der Waals surface area contributed by atoms with Gasteiger partial charge >= 0.3 is 6.92 Å². The van der Waals surface area contributed by atoms with E-state index in [9.17, 15) is 0 Å². The molecule has 0 radical (unpaired) electrons. The van der Waals surface area contributed by atoms with Gasteiger partial charge in [0.15, 0.2) is 0 Å². The lowest BCUT2D eigenvalue weighted by molar-refractivity contribution is 0.0369. The second kappa shape index (κ2) is 3.64. The fourth-order valence-corrected chi connectivity index (χ4v) is 2.41. The number of hydrogen-bond acceptors (Lipinski definition) is 2. The van der Waals surface area contributed by atoms with E-state index in [0.717, 1.165) is 25.8 Å². The van der Waals surface area contributed by atoms with Crippen molar-refractivity contribution in [3.63, 3.8) is 0 Å². The van der Waals surface area contributed by atoms with Crippen molar-refractivity contribution in [1.82, 2.24) is 5.32 Å². The zero-order valence-corrected chi connectivity index (χ0v) is 10.4. The van der Waals surface area contributed by atoms with Gasteiger partial charge in [-0.3, -0.25) is 0 Å². The molecule has 15 heavy (non-hydrogen) atoms. The van der Waals surface area contributed by atoms with Crippen LogP contribution in [0.15, 0.2) is 11.5 Å². The van der Waals surface area contributed by atoms with Gasteiger partial charge in [-0.05, 0) is 38.5 Å². The van der Waals surface area contributed by atoms with Crippen molar-refractivity contribution in [1.29, 1.82) is 0 Å². The molecule has 0 amide bonds. The molecule has 2 aliphatic heterocycles. The smallest absolute Gasteiger partial charge is 0.323 e. The van der Waals surface area contributed by atoms with E-state index in [2.05, 4.69) is 39.1 Å². The van der Waals surface area contributed by atoms with Crippen molar-refractivity contribution in [2.45, 2.75) is 46.0 Å². The minimum Gasteiger partial charge on any atom is -0.426 e. The SMILES string of the molecule is CC1(C)CB(C2=CCNCC2)OC1(C)C. The molecule has 0 aliphatic carbocycles. The molecule has 1 saturated heterocycles. The molecule has 0 aromatic carbocycles. The minimum absolute atomic E-state index is 0.00336. The highest BCUT2D eigenvalue weighted by Crippen LogP contribution is 2.47. The van der Waals surface area contributed by atoms with Crippen LogP contribution in [-0.4, -0.2) is 25.6 Å². The van der Waals surface area contributed by atoms with E-state index < -0.39 is 0 Å². The summed E-state index contributed by atoms with van der Waals surface area (Å²) in [6.07, 6.45) is 4.62. The Morgan fingerprint density at radius 1 is 1.33 bits per heavy atom. The summed E-state index contributed by atoms with van der Waals surface area (Å²) in [5.41, 5.74) is 1.79. The summed E-state index contributed by atoms with van der Waals surface area (Å²) in [6.45, 7) is 11.5. The Bertz CT molecular complexity index is 267. The molecule has 0 atom stereocenters. The summed E-state index contributed by atoms with van der Waals surface area (Å²) >= 11 is 0. The highest BCUT2D eigenvalue weighted by molar-refractivity contribution is 6.61. The lowest BCUT2D eigenvalue weighted by Crippen LogP contribution is -2.35. The van der Waals surface area contributed by atoms with Crippen molar-refractivity contribution < 1.29 is 4.65 Å². The molecule has 0 aromatic heterocycles. The number of nitrogens with one attached hydrogen (secondary N) is 1. The van der Waals surface area contributed by atoms with E-state index in [1.54, 1.807) is 0 Å². The number of rotatable bonds is 1. The second-order valence-electron chi connectivity index (χ2n) is 5.94. The van der Waals surface area contributed by atoms with Crippen LogP contribution < -0.4 is 5.32 Å². The molecule has 2 heterocycles. The first kappa shape index (κ1) is 11.2. The van der Waals surface area contributed by atoms with Crippen LogP contribution in [-0.2, 0) is 4.65 Å². The Balaban J connectivity index is 2.12. The van der Waals surface area contributed by atoms with E-state index in [1.165, 1.54) is 5.47 Å². The maximum Gasteiger partial charge on any atom is 0.323 e. The highest BCUT2D eigenvalue weighted by atomic mass is 16.5. The van der Waals surface area contributed by atoms with Gasteiger partial charge in [0.05, 0.1) is 5.60 Å². The van der Waals surface area contributed by atoms with Crippen LogP contribution >= 0.6 is 0 Å². The van der Waals surface area contributed by atoms with Gasteiger partial charge in [-0.2, -0.15) is 0 Å². The van der Waals surface area contributed by atoms with Crippen LogP contribution in [0.4, 0.5) is 0 Å². The Morgan fingerprint density at radius 3 is 2.53 bits per heavy atom. The van der Waals surface area contributed by atoms with Crippen molar-refractivity contribution in [2.75, 3.05) is 13.1 Å². The maximum atomic E-state index is 6.21. The minimum atomic E-state index is 0.00336. The summed E-state index contributed by atoms with van der Waals surface area (Å²) < 4.78 is 6.21. The van der Waals surface area contributed by atoms with Crippen LogP contribution in [0, 0.1) is 5.41 Å². The van der Waals surface area contributed by atoms with Gasteiger partial charge in [0.25, 0.3) is 0 Å². The van der Waals surface area contributed by atoms with Gasteiger partial charge in [-0.1, -0.05) is 25.4 Å². The molecular weight excluding hydrogens is 185 g/mol. The third-order valence-electron chi connectivity index (χ3n) is 4.28. The first-order valence-electron chi connectivity index (χ1n) is 6.00. The molecule has 84 valence electrons. The molecule has 0 aromatic rings. The van der Waals surface area contributed by atoms with E-state index >= 15 is 0 Å². The summed E-state index contributed by atoms with van der Waals surface area (Å²) in [6, 6.07) is 0. The Hall–Kier alpha value is -0.275. The lowest BCUT2D eigenvalue weighted by Gasteiger charge is -2.34. The zero-order chi connectivity index (χ0) is 11.1. The van der Waals surface area contributed by atoms with Gasteiger partial charge in [0.2, 0.25) is 0 Å². The van der Waals surface area contributed by atoms with Crippen LogP contribution in [0.3, 0.4) is 0 Å². The largest absolute Gasteiger partial charge is 0.426 e. The first-order chi connectivity index (χ1) is 6.92. The molecule has 1 fully saturated rings. The molecule has 2 aliphatic rings. The van der Waals surface area contributed by atoms with Gasteiger partial charge in [0, 0.05) is 6.54 Å². The monoisotopic (exact) mass is 207 g/mol. The van der Waals surface area contributed by atoms with Gasteiger partial charge in [-0.15, -0.1) is 0 Å². The highest BCUT2D eigenvalue weighted by Gasteiger charge is 2.50. The summed E-state index contributed by atoms with van der Waals surface area (Å²) in [4.78, 5) is 0. The van der Waals surface area contributed by atoms with Crippen LogP contribution in [0.5, 0.6) is 0 Å². The van der Waals surface area contributed by atoms with Crippen LogP contribution in [0.25, 0.3) is 0 Å². The van der Waals surface area contributed by atoms with E-state index in [1.807, 2.05) is 0 Å². The summed E-state index contributed by atoms with van der Waals surface area (Å²) in [5.74, 6) is 0. The summed E-state index contributed by atoms with van der Waals surface area (Å²) in [5, 5.41) is 3.35. The van der Waals surface area contributed by atoms with Gasteiger partial charge in [-0.25, -0.2) is 0 Å². The van der Waals surface area contributed by atoms with Crippen molar-refractivity contribution >= 4 is 6.92 Å².